The van der Waals surface area contributed by atoms with Crippen LogP contribution >= 0.6 is 0 Å². The molecular formula is C23H22N4O3S. The van der Waals surface area contributed by atoms with Gasteiger partial charge in [-0.05, 0) is 67.6 Å². The Morgan fingerprint density at radius 1 is 0.935 bits per heavy atom. The smallest absolute Gasteiger partial charge is 0.261 e. The van der Waals surface area contributed by atoms with Gasteiger partial charge in [0.15, 0.2) is 0 Å². The molecule has 0 aliphatic carbocycles. The average molecular weight is 435 g/mol. The molecule has 3 aromatic rings. The topological polar surface area (TPSA) is 102 Å². The second kappa shape index (κ2) is 9.78. The van der Waals surface area contributed by atoms with E-state index in [2.05, 4.69) is 10.0 Å². The van der Waals surface area contributed by atoms with Crippen LogP contribution in [0.1, 0.15) is 12.5 Å². The summed E-state index contributed by atoms with van der Waals surface area (Å²) in [7, 11) is -3.67. The van der Waals surface area contributed by atoms with Crippen LogP contribution in [0.15, 0.2) is 83.8 Å². The minimum Gasteiger partial charge on any atom is -0.376 e. The molecule has 158 valence electrons. The number of rotatable bonds is 8. The van der Waals surface area contributed by atoms with E-state index < -0.39 is 10.0 Å². The summed E-state index contributed by atoms with van der Waals surface area (Å²) < 4.78 is 27.4. The summed E-state index contributed by atoms with van der Waals surface area (Å²) in [6, 6.07) is 23.7. The number of hydrogen-bond acceptors (Lipinski definition) is 5. The summed E-state index contributed by atoms with van der Waals surface area (Å²) in [5.74, 6) is -0.135. The fraction of sp³-hybridized carbons (Fsp3) is 0.130. The summed E-state index contributed by atoms with van der Waals surface area (Å²) in [5.41, 5.74) is 2.37. The number of carbonyl (C=O) groups is 1. The number of nitrogens with one attached hydrogen (secondary N) is 2. The summed E-state index contributed by atoms with van der Waals surface area (Å²) in [6.45, 7) is 2.41. The molecule has 31 heavy (non-hydrogen) atoms. The Hall–Kier alpha value is -3.83. The number of likely N-dealkylation sites (N-methyl/N-ethyl adjacent to an activating group) is 1. The molecule has 0 saturated heterocycles. The van der Waals surface area contributed by atoms with E-state index in [-0.39, 0.29) is 17.3 Å². The van der Waals surface area contributed by atoms with E-state index >= 15 is 0 Å². The monoisotopic (exact) mass is 434 g/mol. The first-order valence-electron chi connectivity index (χ1n) is 9.65. The van der Waals surface area contributed by atoms with Crippen molar-refractivity contribution in [2.24, 2.45) is 0 Å². The van der Waals surface area contributed by atoms with Crippen LogP contribution in [0.5, 0.6) is 0 Å². The lowest BCUT2D eigenvalue weighted by molar-refractivity contribution is -0.116. The van der Waals surface area contributed by atoms with Gasteiger partial charge in [-0.2, -0.15) is 5.26 Å². The molecule has 0 atom stereocenters. The van der Waals surface area contributed by atoms with Gasteiger partial charge in [0.1, 0.15) is 0 Å². The molecule has 3 aromatic carbocycles. The van der Waals surface area contributed by atoms with Crippen molar-refractivity contribution in [2.75, 3.05) is 28.0 Å². The molecule has 0 bridgehead atoms. The lowest BCUT2D eigenvalue weighted by Crippen LogP contribution is -2.35. The Morgan fingerprint density at radius 3 is 2.13 bits per heavy atom. The van der Waals surface area contributed by atoms with Gasteiger partial charge in [-0.3, -0.25) is 9.52 Å². The number of carbonyl (C=O) groups excluding carboxylic acids is 1. The molecule has 3 rings (SSSR count). The van der Waals surface area contributed by atoms with Gasteiger partial charge in [-0.1, -0.05) is 18.2 Å². The Morgan fingerprint density at radius 2 is 1.55 bits per heavy atom. The van der Waals surface area contributed by atoms with E-state index in [1.165, 1.54) is 12.1 Å². The number of amides is 1. The van der Waals surface area contributed by atoms with Crippen molar-refractivity contribution < 1.29 is 13.2 Å². The molecule has 0 heterocycles. The highest BCUT2D eigenvalue weighted by molar-refractivity contribution is 7.92. The van der Waals surface area contributed by atoms with E-state index in [1.807, 2.05) is 13.0 Å². The highest BCUT2D eigenvalue weighted by Crippen LogP contribution is 2.21. The lowest BCUT2D eigenvalue weighted by atomic mass is 10.2. The summed E-state index contributed by atoms with van der Waals surface area (Å²) in [6.07, 6.45) is 0. The van der Waals surface area contributed by atoms with Gasteiger partial charge in [0.2, 0.25) is 5.91 Å². The van der Waals surface area contributed by atoms with Crippen LogP contribution in [0.3, 0.4) is 0 Å². The van der Waals surface area contributed by atoms with E-state index in [0.29, 0.717) is 23.5 Å². The highest BCUT2D eigenvalue weighted by Gasteiger charge is 2.16. The zero-order valence-corrected chi connectivity index (χ0v) is 17.8. The lowest BCUT2D eigenvalue weighted by Gasteiger charge is -2.22. The van der Waals surface area contributed by atoms with Gasteiger partial charge in [0.05, 0.1) is 23.1 Å². The van der Waals surface area contributed by atoms with E-state index in [1.54, 1.807) is 71.6 Å². The third kappa shape index (κ3) is 5.62. The summed E-state index contributed by atoms with van der Waals surface area (Å²) >= 11 is 0. The van der Waals surface area contributed by atoms with Gasteiger partial charge in [0.25, 0.3) is 10.0 Å². The largest absolute Gasteiger partial charge is 0.376 e. The average Bonchev–Trinajstić information content (AvgIpc) is 2.80. The molecule has 0 unspecified atom stereocenters. The highest BCUT2D eigenvalue weighted by atomic mass is 32.2. The summed E-state index contributed by atoms with van der Waals surface area (Å²) in [5, 5.41) is 11.9. The molecule has 1 amide bonds. The predicted molar refractivity (Wildman–Crippen MR) is 121 cm³/mol. The van der Waals surface area contributed by atoms with Gasteiger partial charge in [0, 0.05) is 23.6 Å². The zero-order chi connectivity index (χ0) is 22.3. The van der Waals surface area contributed by atoms with Crippen LogP contribution in [0, 0.1) is 11.3 Å². The Kier molecular flexibility index (Phi) is 6.90. The molecule has 8 heteroatoms. The first kappa shape index (κ1) is 21.9. The number of nitrogens with zero attached hydrogens (tertiary/aromatic N) is 2. The van der Waals surface area contributed by atoms with Gasteiger partial charge in [-0.15, -0.1) is 0 Å². The van der Waals surface area contributed by atoms with Crippen molar-refractivity contribution in [3.05, 3.63) is 84.4 Å². The first-order chi connectivity index (χ1) is 14.9. The second-order valence-electron chi connectivity index (χ2n) is 6.65. The number of sulfonamides is 1. The maximum atomic E-state index is 12.7. The maximum absolute atomic E-state index is 12.7. The molecule has 0 aromatic heterocycles. The van der Waals surface area contributed by atoms with Crippen molar-refractivity contribution in [3.8, 4) is 6.07 Å². The van der Waals surface area contributed by atoms with Crippen molar-refractivity contribution in [1.29, 1.82) is 5.26 Å². The minimum absolute atomic E-state index is 0.0854. The maximum Gasteiger partial charge on any atom is 0.261 e. The fourth-order valence-corrected chi connectivity index (χ4v) is 4.04. The van der Waals surface area contributed by atoms with Gasteiger partial charge in [-0.25, -0.2) is 8.42 Å². The molecule has 0 aliphatic heterocycles. The molecule has 0 spiro atoms. The third-order valence-corrected chi connectivity index (χ3v) is 5.96. The number of hydrogen-bond donors (Lipinski definition) is 2. The minimum atomic E-state index is -3.67. The Labute approximate surface area is 182 Å². The van der Waals surface area contributed by atoms with Crippen molar-refractivity contribution in [1.82, 2.24) is 0 Å². The van der Waals surface area contributed by atoms with Crippen LogP contribution in [0.25, 0.3) is 0 Å². The molecule has 7 nitrogen and oxygen atoms in total. The van der Waals surface area contributed by atoms with Crippen molar-refractivity contribution >= 4 is 33.0 Å². The second-order valence-corrected chi connectivity index (χ2v) is 8.33. The van der Waals surface area contributed by atoms with Gasteiger partial charge >= 0.3 is 0 Å². The first-order valence-corrected chi connectivity index (χ1v) is 11.1. The van der Waals surface area contributed by atoms with Crippen molar-refractivity contribution in [2.45, 2.75) is 11.8 Å². The molecule has 0 fully saturated rings. The van der Waals surface area contributed by atoms with Crippen LogP contribution in [-0.2, 0) is 14.8 Å². The van der Waals surface area contributed by atoms with Gasteiger partial charge < -0.3 is 10.2 Å². The fourth-order valence-electron chi connectivity index (χ4n) is 2.96. The normalized spacial score (nSPS) is 10.7. The van der Waals surface area contributed by atoms with E-state index in [0.717, 1.165) is 5.69 Å². The molecule has 0 radical (unpaired) electrons. The molecule has 0 saturated carbocycles. The Bertz CT molecular complexity index is 1170. The van der Waals surface area contributed by atoms with Crippen LogP contribution in [0.2, 0.25) is 0 Å². The molecular weight excluding hydrogens is 412 g/mol. The predicted octanol–water partition coefficient (Wildman–Crippen LogP) is 3.82. The third-order valence-electron chi connectivity index (χ3n) is 4.56. The number of anilines is 3. The number of benzene rings is 3. The quantitative estimate of drug-likeness (QED) is 0.561. The molecule has 0 aliphatic rings. The summed E-state index contributed by atoms with van der Waals surface area (Å²) in [4.78, 5) is 14.5. The van der Waals surface area contributed by atoms with E-state index in [9.17, 15) is 13.2 Å². The standard InChI is InChI=1S/C23H22N4O3S/c1-2-27(23(28)17-25-19-10-8-18(16-24)9-11-19)21-14-12-20(13-15-21)26-31(29,30)22-6-4-3-5-7-22/h3-15,25-26H,2,17H2,1H3. The van der Waals surface area contributed by atoms with Crippen molar-refractivity contribution in [3.63, 3.8) is 0 Å². The SMILES string of the molecule is CCN(C(=O)CNc1ccc(C#N)cc1)c1ccc(NS(=O)(=O)c2ccccc2)cc1. The molecule has 2 N–H and O–H groups in total. The van der Waals surface area contributed by atoms with Crippen LogP contribution in [0.4, 0.5) is 17.1 Å². The van der Waals surface area contributed by atoms with Crippen LogP contribution in [-0.4, -0.2) is 27.4 Å². The van der Waals surface area contributed by atoms with Crippen LogP contribution < -0.4 is 14.9 Å². The number of nitriles is 1. The zero-order valence-electron chi connectivity index (χ0n) is 16.9. The van der Waals surface area contributed by atoms with E-state index in [4.69, 9.17) is 5.26 Å². The Balaban J connectivity index is 1.65.